The van der Waals surface area contributed by atoms with E-state index in [4.69, 9.17) is 11.6 Å². The van der Waals surface area contributed by atoms with Crippen LogP contribution in [-0.4, -0.2) is 25.8 Å². The van der Waals surface area contributed by atoms with Gasteiger partial charge >= 0.3 is 0 Å². The fourth-order valence-electron chi connectivity index (χ4n) is 3.58. The Morgan fingerprint density at radius 2 is 1.83 bits per heavy atom. The van der Waals surface area contributed by atoms with Crippen molar-refractivity contribution in [1.82, 2.24) is 14.8 Å². The fourth-order valence-corrected chi connectivity index (χ4v) is 3.71. The number of carbonyl (C=O) groups is 1. The molecule has 10 heteroatoms. The third kappa shape index (κ3) is 4.36. The molecule has 5 aromatic rings. The van der Waals surface area contributed by atoms with Gasteiger partial charge in [0.2, 0.25) is 0 Å². The molecule has 2 N–H and O–H groups in total. The molecule has 0 saturated heterocycles. The van der Waals surface area contributed by atoms with Crippen molar-refractivity contribution in [1.29, 1.82) is 5.26 Å². The van der Waals surface area contributed by atoms with Crippen LogP contribution in [0.15, 0.2) is 95.4 Å². The van der Waals surface area contributed by atoms with E-state index in [9.17, 15) is 15.2 Å². The Morgan fingerprint density at radius 3 is 2.58 bits per heavy atom. The van der Waals surface area contributed by atoms with Crippen LogP contribution < -0.4 is 5.32 Å². The van der Waals surface area contributed by atoms with Crippen LogP contribution in [0.1, 0.15) is 15.9 Å². The SMILES string of the molecule is N#Cc1cnn(-c2ccccn2)c1N=Nc1c(O)c(C(=O)Nc2ccc(Cl)cc2)cc2ccccc12. The molecule has 1 amide bonds. The van der Waals surface area contributed by atoms with Gasteiger partial charge in [0, 0.05) is 22.3 Å². The number of aromatic nitrogens is 3. The second kappa shape index (κ2) is 9.66. The summed E-state index contributed by atoms with van der Waals surface area (Å²) in [6.07, 6.45) is 2.95. The van der Waals surface area contributed by atoms with Crippen LogP contribution in [0, 0.1) is 11.3 Å². The topological polar surface area (TPSA) is 129 Å². The summed E-state index contributed by atoms with van der Waals surface area (Å²) in [4.78, 5) is 17.3. The van der Waals surface area contributed by atoms with Crippen molar-refractivity contribution >= 4 is 45.5 Å². The first-order valence-corrected chi connectivity index (χ1v) is 11.1. The van der Waals surface area contributed by atoms with Crippen molar-refractivity contribution < 1.29 is 9.90 Å². The van der Waals surface area contributed by atoms with Gasteiger partial charge in [-0.25, -0.2) is 4.98 Å². The minimum Gasteiger partial charge on any atom is -0.505 e. The minimum absolute atomic E-state index is 0.0105. The van der Waals surface area contributed by atoms with E-state index in [2.05, 4.69) is 25.6 Å². The van der Waals surface area contributed by atoms with Crippen LogP contribution in [0.25, 0.3) is 16.6 Å². The van der Waals surface area contributed by atoms with Gasteiger partial charge in [-0.05, 0) is 47.9 Å². The number of carbonyl (C=O) groups excluding carboxylic acids is 1. The Balaban J connectivity index is 1.60. The summed E-state index contributed by atoms with van der Waals surface area (Å²) in [6.45, 7) is 0. The van der Waals surface area contributed by atoms with Gasteiger partial charge in [-0.15, -0.1) is 10.2 Å². The number of hydrogen-bond donors (Lipinski definition) is 2. The third-order valence-electron chi connectivity index (χ3n) is 5.32. The maximum Gasteiger partial charge on any atom is 0.259 e. The van der Waals surface area contributed by atoms with Crippen molar-refractivity contribution in [2.45, 2.75) is 0 Å². The molecule has 0 spiro atoms. The molecule has 9 nitrogen and oxygen atoms in total. The van der Waals surface area contributed by atoms with E-state index in [0.29, 0.717) is 27.3 Å². The summed E-state index contributed by atoms with van der Waals surface area (Å²) in [5, 5.41) is 37.9. The molecular formula is C26H16ClN7O2. The number of hydrogen-bond acceptors (Lipinski definition) is 7. The van der Waals surface area contributed by atoms with Crippen LogP contribution in [0.2, 0.25) is 5.02 Å². The highest BCUT2D eigenvalue weighted by Crippen LogP contribution is 2.40. The molecule has 0 saturated carbocycles. The minimum atomic E-state index is -0.534. The van der Waals surface area contributed by atoms with E-state index < -0.39 is 5.91 Å². The first-order valence-electron chi connectivity index (χ1n) is 10.7. The number of fused-ring (bicyclic) bond motifs is 1. The molecule has 0 aliphatic carbocycles. The summed E-state index contributed by atoms with van der Waals surface area (Å²) in [7, 11) is 0. The van der Waals surface area contributed by atoms with Gasteiger partial charge in [0.25, 0.3) is 5.91 Å². The number of phenols is 1. The van der Waals surface area contributed by atoms with Gasteiger partial charge in [0.15, 0.2) is 17.4 Å². The van der Waals surface area contributed by atoms with E-state index in [0.717, 1.165) is 0 Å². The maximum absolute atomic E-state index is 13.0. The lowest BCUT2D eigenvalue weighted by Crippen LogP contribution is -2.12. The molecule has 0 unspecified atom stereocenters. The lowest BCUT2D eigenvalue weighted by Gasteiger charge is -2.11. The molecule has 0 atom stereocenters. The van der Waals surface area contributed by atoms with E-state index in [1.807, 2.05) is 12.1 Å². The van der Waals surface area contributed by atoms with Crippen LogP contribution >= 0.6 is 11.6 Å². The molecule has 5 rings (SSSR count). The number of rotatable bonds is 5. The quantitative estimate of drug-likeness (QED) is 0.277. The normalized spacial score (nSPS) is 11.0. The molecule has 0 aliphatic rings. The Labute approximate surface area is 209 Å². The molecule has 0 bridgehead atoms. The highest BCUT2D eigenvalue weighted by atomic mass is 35.5. The summed E-state index contributed by atoms with van der Waals surface area (Å²) in [5.41, 5.74) is 0.770. The largest absolute Gasteiger partial charge is 0.505 e. The molecule has 36 heavy (non-hydrogen) atoms. The molecule has 0 radical (unpaired) electrons. The Hall–Kier alpha value is -5.07. The number of nitrogens with zero attached hydrogens (tertiary/aromatic N) is 6. The average Bonchev–Trinajstić information content (AvgIpc) is 3.32. The number of aromatic hydroxyl groups is 1. The second-order valence-electron chi connectivity index (χ2n) is 7.60. The molecule has 0 aliphatic heterocycles. The standard InChI is InChI=1S/C26H16ClN7O2/c27-18-8-10-19(11-9-18)31-26(36)21-13-16-5-1-2-6-20(16)23(24(21)35)32-33-25-17(14-28)15-30-34(25)22-7-3-4-12-29-22/h1-13,15,35H,(H,31,36). The Kier molecular flexibility index (Phi) is 6.09. The average molecular weight is 494 g/mol. The lowest BCUT2D eigenvalue weighted by molar-refractivity contribution is 0.102. The summed E-state index contributed by atoms with van der Waals surface area (Å²) in [6, 6.07) is 22.6. The molecular weight excluding hydrogens is 478 g/mol. The summed E-state index contributed by atoms with van der Waals surface area (Å²) in [5.74, 6) is -0.312. The molecule has 0 fully saturated rings. The maximum atomic E-state index is 13.0. The number of pyridine rings is 1. The Morgan fingerprint density at radius 1 is 1.06 bits per heavy atom. The van der Waals surface area contributed by atoms with Gasteiger partial charge in [-0.3, -0.25) is 4.79 Å². The smallest absolute Gasteiger partial charge is 0.259 e. The highest BCUT2D eigenvalue weighted by molar-refractivity contribution is 6.30. The summed E-state index contributed by atoms with van der Waals surface area (Å²) < 4.78 is 1.37. The highest BCUT2D eigenvalue weighted by Gasteiger charge is 2.19. The number of nitriles is 1. The predicted molar refractivity (Wildman–Crippen MR) is 135 cm³/mol. The number of halogens is 1. The van der Waals surface area contributed by atoms with E-state index in [-0.39, 0.29) is 28.4 Å². The summed E-state index contributed by atoms with van der Waals surface area (Å²) >= 11 is 5.92. The van der Waals surface area contributed by atoms with Gasteiger partial charge in [0.1, 0.15) is 17.3 Å². The molecule has 174 valence electrons. The number of amides is 1. The third-order valence-corrected chi connectivity index (χ3v) is 5.57. The number of benzene rings is 3. The van der Waals surface area contributed by atoms with Crippen LogP contribution in [0.3, 0.4) is 0 Å². The van der Waals surface area contributed by atoms with Crippen molar-refractivity contribution in [3.8, 4) is 17.6 Å². The molecule has 2 aromatic heterocycles. The fraction of sp³-hybridized carbons (Fsp3) is 0. The van der Waals surface area contributed by atoms with Crippen molar-refractivity contribution in [2.24, 2.45) is 10.2 Å². The van der Waals surface area contributed by atoms with Crippen molar-refractivity contribution in [3.05, 3.63) is 101 Å². The van der Waals surface area contributed by atoms with Crippen LogP contribution in [0.5, 0.6) is 5.75 Å². The second-order valence-corrected chi connectivity index (χ2v) is 8.03. The number of azo groups is 1. The molecule has 2 heterocycles. The van der Waals surface area contributed by atoms with Gasteiger partial charge in [0.05, 0.1) is 11.8 Å². The van der Waals surface area contributed by atoms with Gasteiger partial charge < -0.3 is 10.4 Å². The van der Waals surface area contributed by atoms with Crippen LogP contribution in [-0.2, 0) is 0 Å². The van der Waals surface area contributed by atoms with Gasteiger partial charge in [-0.2, -0.15) is 15.0 Å². The van der Waals surface area contributed by atoms with E-state index >= 15 is 0 Å². The predicted octanol–water partition coefficient (Wildman–Crippen LogP) is 6.32. The Bertz CT molecular complexity index is 1660. The first-order chi connectivity index (χ1) is 17.5. The number of nitrogens with one attached hydrogen (secondary N) is 1. The zero-order valence-electron chi connectivity index (χ0n) is 18.5. The molecule has 3 aromatic carbocycles. The zero-order valence-corrected chi connectivity index (χ0v) is 19.3. The lowest BCUT2D eigenvalue weighted by atomic mass is 10.0. The number of phenolic OH excluding ortho intramolecular Hbond substituents is 1. The van der Waals surface area contributed by atoms with Crippen molar-refractivity contribution in [3.63, 3.8) is 0 Å². The van der Waals surface area contributed by atoms with E-state index in [1.54, 1.807) is 72.9 Å². The van der Waals surface area contributed by atoms with Gasteiger partial charge in [-0.1, -0.05) is 41.9 Å². The monoisotopic (exact) mass is 493 g/mol. The zero-order chi connectivity index (χ0) is 25.1. The number of anilines is 1. The first kappa shape index (κ1) is 22.7. The van der Waals surface area contributed by atoms with Crippen molar-refractivity contribution in [2.75, 3.05) is 5.32 Å². The van der Waals surface area contributed by atoms with E-state index in [1.165, 1.54) is 10.9 Å². The van der Waals surface area contributed by atoms with Crippen LogP contribution in [0.4, 0.5) is 17.2 Å².